The Balaban J connectivity index is 0.992. The molecule has 12 rings (SSSR count). The van der Waals surface area contributed by atoms with E-state index in [4.69, 9.17) is 4.98 Å². The van der Waals surface area contributed by atoms with Gasteiger partial charge in [0.05, 0.1) is 27.6 Å². The fraction of sp³-hybridized carbons (Fsp3) is 0. The van der Waals surface area contributed by atoms with Crippen LogP contribution in [0.15, 0.2) is 212 Å². The number of nitrogens with zero attached hydrogens (tertiary/aromatic N) is 3. The fourth-order valence-corrected chi connectivity index (χ4v) is 9.13. The van der Waals surface area contributed by atoms with Crippen LogP contribution in [0.1, 0.15) is 0 Å². The summed E-state index contributed by atoms with van der Waals surface area (Å²) in [5, 5.41) is 8.55. The third-order valence-electron chi connectivity index (χ3n) is 11.9. The lowest BCUT2D eigenvalue weighted by Crippen LogP contribution is -1.99. The number of para-hydroxylation sites is 4. The number of benzene rings is 9. The second-order valence-corrected chi connectivity index (χ2v) is 15.2. The minimum absolute atomic E-state index is 0.904. The van der Waals surface area contributed by atoms with E-state index in [0.717, 1.165) is 38.9 Å². The summed E-state index contributed by atoms with van der Waals surface area (Å²) in [7, 11) is 0. The molecule has 58 heavy (non-hydrogen) atoms. The minimum Gasteiger partial charge on any atom is -0.309 e. The maximum absolute atomic E-state index is 5.33. The van der Waals surface area contributed by atoms with Crippen LogP contribution in [0.3, 0.4) is 0 Å². The molecule has 3 heteroatoms. The van der Waals surface area contributed by atoms with Crippen LogP contribution in [0.25, 0.3) is 110 Å². The molecule has 0 saturated heterocycles. The molecule has 0 atom stereocenters. The van der Waals surface area contributed by atoms with Crippen molar-refractivity contribution in [1.29, 1.82) is 0 Å². The van der Waals surface area contributed by atoms with Gasteiger partial charge in [0.15, 0.2) is 0 Å². The second kappa shape index (κ2) is 12.9. The Hall–Kier alpha value is -7.75. The van der Waals surface area contributed by atoms with E-state index in [0.29, 0.717) is 0 Å². The van der Waals surface area contributed by atoms with Crippen molar-refractivity contribution in [2.24, 2.45) is 0 Å². The van der Waals surface area contributed by atoms with Gasteiger partial charge in [-0.15, -0.1) is 0 Å². The third kappa shape index (κ3) is 5.11. The first-order valence-electron chi connectivity index (χ1n) is 19.9. The summed E-state index contributed by atoms with van der Waals surface area (Å²) in [5.41, 5.74) is 13.9. The van der Waals surface area contributed by atoms with E-state index in [-0.39, 0.29) is 0 Å². The summed E-state index contributed by atoms with van der Waals surface area (Å²) in [5.74, 6) is 0.904. The molecular formula is C55H35N3. The summed E-state index contributed by atoms with van der Waals surface area (Å²) >= 11 is 0. The Bertz CT molecular complexity index is 3550. The molecule has 0 spiro atoms. The summed E-state index contributed by atoms with van der Waals surface area (Å²) in [6, 6.07) is 76.9. The van der Waals surface area contributed by atoms with Gasteiger partial charge in [0, 0.05) is 32.6 Å². The van der Waals surface area contributed by atoms with Crippen molar-refractivity contribution < 1.29 is 0 Å². The van der Waals surface area contributed by atoms with Crippen molar-refractivity contribution in [3.63, 3.8) is 0 Å². The normalized spacial score (nSPS) is 11.8. The number of pyridine rings is 1. The van der Waals surface area contributed by atoms with Crippen LogP contribution in [0.4, 0.5) is 0 Å². The van der Waals surface area contributed by atoms with Crippen LogP contribution in [-0.4, -0.2) is 14.1 Å². The molecule has 0 fully saturated rings. The van der Waals surface area contributed by atoms with Crippen molar-refractivity contribution >= 4 is 65.3 Å². The molecule has 0 bridgehead atoms. The highest BCUT2D eigenvalue weighted by Crippen LogP contribution is 2.40. The summed E-state index contributed by atoms with van der Waals surface area (Å²) in [6.07, 6.45) is 0. The molecule has 0 unspecified atom stereocenters. The van der Waals surface area contributed by atoms with Crippen molar-refractivity contribution in [3.05, 3.63) is 212 Å². The Kier molecular flexibility index (Phi) is 7.23. The van der Waals surface area contributed by atoms with Gasteiger partial charge in [-0.05, 0) is 111 Å². The molecule has 0 amide bonds. The van der Waals surface area contributed by atoms with Gasteiger partial charge < -0.3 is 4.57 Å². The van der Waals surface area contributed by atoms with Gasteiger partial charge in [0.2, 0.25) is 0 Å². The average Bonchev–Trinajstić information content (AvgIpc) is 3.81. The SMILES string of the molecule is c1ccc(-n2c3ccccc3c3cc(-c4ccc5c(c4)c4ccccc4n5-c4cc(-c5ccc(-c6ccc7ccccc7c6)cc5)c5ccccc5n4)ccc32)cc1. The smallest absolute Gasteiger partial charge is 0.138 e. The highest BCUT2D eigenvalue weighted by atomic mass is 15.1. The van der Waals surface area contributed by atoms with E-state index in [1.165, 1.54) is 71.3 Å². The van der Waals surface area contributed by atoms with E-state index < -0.39 is 0 Å². The zero-order valence-electron chi connectivity index (χ0n) is 31.5. The monoisotopic (exact) mass is 737 g/mol. The molecule has 9 aromatic carbocycles. The van der Waals surface area contributed by atoms with Gasteiger partial charge in [-0.1, -0.05) is 146 Å². The number of aromatic nitrogens is 3. The minimum atomic E-state index is 0.904. The summed E-state index contributed by atoms with van der Waals surface area (Å²) < 4.78 is 4.71. The Morgan fingerprint density at radius 2 is 0.793 bits per heavy atom. The molecule has 0 saturated carbocycles. The molecule has 0 radical (unpaired) electrons. The zero-order valence-corrected chi connectivity index (χ0v) is 31.5. The summed E-state index contributed by atoms with van der Waals surface area (Å²) in [4.78, 5) is 5.33. The zero-order chi connectivity index (χ0) is 38.2. The van der Waals surface area contributed by atoms with Crippen molar-refractivity contribution in [1.82, 2.24) is 14.1 Å². The highest BCUT2D eigenvalue weighted by Gasteiger charge is 2.18. The van der Waals surface area contributed by atoms with Gasteiger partial charge in [-0.2, -0.15) is 0 Å². The fourth-order valence-electron chi connectivity index (χ4n) is 9.13. The molecule has 0 aliphatic rings. The second-order valence-electron chi connectivity index (χ2n) is 15.2. The van der Waals surface area contributed by atoms with Crippen molar-refractivity contribution in [3.8, 4) is 44.9 Å². The molecule has 3 heterocycles. The molecule has 3 aromatic heterocycles. The molecule has 0 aliphatic heterocycles. The van der Waals surface area contributed by atoms with E-state index in [1.54, 1.807) is 0 Å². The first-order valence-corrected chi connectivity index (χ1v) is 19.9. The molecular weight excluding hydrogens is 703 g/mol. The van der Waals surface area contributed by atoms with E-state index >= 15 is 0 Å². The van der Waals surface area contributed by atoms with Gasteiger partial charge in [0.1, 0.15) is 5.82 Å². The Morgan fingerprint density at radius 1 is 0.293 bits per heavy atom. The van der Waals surface area contributed by atoms with Gasteiger partial charge in [-0.25, -0.2) is 4.98 Å². The molecule has 270 valence electrons. The number of fused-ring (bicyclic) bond motifs is 8. The predicted molar refractivity (Wildman–Crippen MR) is 244 cm³/mol. The maximum atomic E-state index is 5.33. The first kappa shape index (κ1) is 32.5. The molecule has 0 N–H and O–H groups in total. The van der Waals surface area contributed by atoms with Crippen LogP contribution >= 0.6 is 0 Å². The lowest BCUT2D eigenvalue weighted by Gasteiger charge is -2.14. The van der Waals surface area contributed by atoms with Crippen LogP contribution in [0.5, 0.6) is 0 Å². The van der Waals surface area contributed by atoms with Crippen molar-refractivity contribution in [2.75, 3.05) is 0 Å². The highest BCUT2D eigenvalue weighted by molar-refractivity contribution is 6.13. The van der Waals surface area contributed by atoms with Gasteiger partial charge in [0.25, 0.3) is 0 Å². The number of hydrogen-bond donors (Lipinski definition) is 0. The Labute approximate surface area is 335 Å². The topological polar surface area (TPSA) is 22.8 Å². The van der Waals surface area contributed by atoms with Crippen LogP contribution in [0, 0.1) is 0 Å². The third-order valence-corrected chi connectivity index (χ3v) is 11.9. The van der Waals surface area contributed by atoms with E-state index in [9.17, 15) is 0 Å². The lowest BCUT2D eigenvalue weighted by molar-refractivity contribution is 1.10. The first-order chi connectivity index (χ1) is 28.7. The van der Waals surface area contributed by atoms with Crippen LogP contribution < -0.4 is 0 Å². The Morgan fingerprint density at radius 3 is 1.52 bits per heavy atom. The standard InChI is InChI=1S/C55H35N3/c1-2-14-43(15-3-1)57-51-20-10-7-17-45(51)48-33-41(28-30-53(48)57)42-29-31-54-49(34-42)46-18-8-11-21-52(46)58(54)55-35-47(44-16-6-9-19-50(44)56-55)38-25-22-37(23-26-38)40-27-24-36-12-4-5-13-39(36)32-40/h1-35H. The number of hydrogen-bond acceptors (Lipinski definition) is 1. The van der Waals surface area contributed by atoms with Gasteiger partial charge in [-0.3, -0.25) is 4.57 Å². The predicted octanol–water partition coefficient (Wildman–Crippen LogP) is 14.6. The molecule has 12 aromatic rings. The number of rotatable bonds is 5. The lowest BCUT2D eigenvalue weighted by atomic mass is 9.96. The average molecular weight is 738 g/mol. The van der Waals surface area contributed by atoms with Crippen molar-refractivity contribution in [2.45, 2.75) is 0 Å². The summed E-state index contributed by atoms with van der Waals surface area (Å²) in [6.45, 7) is 0. The maximum Gasteiger partial charge on any atom is 0.138 e. The van der Waals surface area contributed by atoms with E-state index in [1.807, 2.05) is 0 Å². The van der Waals surface area contributed by atoms with Crippen LogP contribution in [-0.2, 0) is 0 Å². The quantitative estimate of drug-likeness (QED) is 0.172. The van der Waals surface area contributed by atoms with Crippen LogP contribution in [0.2, 0.25) is 0 Å². The van der Waals surface area contributed by atoms with Gasteiger partial charge >= 0.3 is 0 Å². The molecule has 3 nitrogen and oxygen atoms in total. The van der Waals surface area contributed by atoms with E-state index in [2.05, 4.69) is 221 Å². The largest absolute Gasteiger partial charge is 0.309 e. The molecule has 0 aliphatic carbocycles.